The minimum atomic E-state index is -3.78. The van der Waals surface area contributed by atoms with Crippen molar-refractivity contribution in [3.05, 3.63) is 83.1 Å². The van der Waals surface area contributed by atoms with Gasteiger partial charge >= 0.3 is 5.97 Å². The van der Waals surface area contributed by atoms with Gasteiger partial charge in [0.15, 0.2) is 0 Å². The fourth-order valence-electron chi connectivity index (χ4n) is 3.17. The van der Waals surface area contributed by atoms with Crippen molar-refractivity contribution in [2.24, 2.45) is 5.73 Å². The number of rotatable bonds is 5. The predicted molar refractivity (Wildman–Crippen MR) is 112 cm³/mol. The molecular weight excluding hydrogens is 388 g/mol. The number of carbonyl (C=O) groups is 1. The molecule has 0 aliphatic carbocycles. The molecule has 1 aliphatic rings. The monoisotopic (exact) mass is 412 g/mol. The van der Waals surface area contributed by atoms with Crippen molar-refractivity contribution in [3.8, 4) is 0 Å². The largest absolute Gasteiger partial charge is 0.462 e. The van der Waals surface area contributed by atoms with Crippen LogP contribution in [0.15, 0.2) is 76.8 Å². The van der Waals surface area contributed by atoms with E-state index < -0.39 is 16.0 Å². The van der Waals surface area contributed by atoms with Gasteiger partial charge in [0.25, 0.3) is 0 Å². The fraction of sp³-hybridized carbons (Fsp3) is 0.227. The highest BCUT2D eigenvalue weighted by atomic mass is 32.2. The Hall–Kier alpha value is -2.90. The lowest BCUT2D eigenvalue weighted by Gasteiger charge is -2.20. The number of aryl methyl sites for hydroxylation is 1. The SMILES string of the molecule is CCOC(=O)C1=C(N)CN(S(=O)(=O)c2ccc(C)cc2)CC=C1c1ccccc1. The van der Waals surface area contributed by atoms with E-state index in [4.69, 9.17) is 10.5 Å². The predicted octanol–water partition coefficient (Wildman–Crippen LogP) is 2.86. The van der Waals surface area contributed by atoms with E-state index >= 15 is 0 Å². The molecule has 0 radical (unpaired) electrons. The third kappa shape index (κ3) is 4.41. The lowest BCUT2D eigenvalue weighted by atomic mass is 9.96. The van der Waals surface area contributed by atoms with Crippen molar-refractivity contribution >= 4 is 21.6 Å². The first kappa shape index (κ1) is 20.8. The van der Waals surface area contributed by atoms with E-state index in [0.717, 1.165) is 11.1 Å². The number of hydrogen-bond acceptors (Lipinski definition) is 5. The summed E-state index contributed by atoms with van der Waals surface area (Å²) >= 11 is 0. The molecule has 29 heavy (non-hydrogen) atoms. The average Bonchev–Trinajstić information content (AvgIpc) is 2.88. The van der Waals surface area contributed by atoms with Gasteiger partial charge in [0.05, 0.1) is 23.6 Å². The van der Waals surface area contributed by atoms with Crippen molar-refractivity contribution in [2.45, 2.75) is 18.7 Å². The van der Waals surface area contributed by atoms with Gasteiger partial charge < -0.3 is 10.5 Å². The van der Waals surface area contributed by atoms with Crippen LogP contribution in [0.3, 0.4) is 0 Å². The Labute approximate surface area is 171 Å². The van der Waals surface area contributed by atoms with Crippen LogP contribution in [0.1, 0.15) is 18.1 Å². The summed E-state index contributed by atoms with van der Waals surface area (Å²) < 4.78 is 32.7. The molecule has 3 rings (SSSR count). The number of hydrogen-bond donors (Lipinski definition) is 1. The zero-order valence-electron chi connectivity index (χ0n) is 16.5. The van der Waals surface area contributed by atoms with Gasteiger partial charge in [-0.25, -0.2) is 13.2 Å². The zero-order chi connectivity index (χ0) is 21.0. The van der Waals surface area contributed by atoms with E-state index in [2.05, 4.69) is 0 Å². The summed E-state index contributed by atoms with van der Waals surface area (Å²) in [5, 5.41) is 0. The lowest BCUT2D eigenvalue weighted by Crippen LogP contribution is -2.34. The van der Waals surface area contributed by atoms with Crippen molar-refractivity contribution in [3.63, 3.8) is 0 Å². The highest BCUT2D eigenvalue weighted by Crippen LogP contribution is 2.30. The number of benzene rings is 2. The summed E-state index contributed by atoms with van der Waals surface area (Å²) in [5.41, 5.74) is 8.94. The normalized spacial score (nSPS) is 15.6. The van der Waals surface area contributed by atoms with E-state index in [1.165, 1.54) is 4.31 Å². The molecule has 1 aliphatic heterocycles. The van der Waals surface area contributed by atoms with Crippen LogP contribution < -0.4 is 5.73 Å². The third-order valence-corrected chi connectivity index (χ3v) is 6.49. The molecule has 0 saturated carbocycles. The summed E-state index contributed by atoms with van der Waals surface area (Å²) in [7, 11) is -3.78. The topological polar surface area (TPSA) is 89.7 Å². The molecule has 6 nitrogen and oxygen atoms in total. The van der Waals surface area contributed by atoms with Gasteiger partial charge in [-0.3, -0.25) is 0 Å². The Bertz CT molecular complexity index is 1060. The molecule has 152 valence electrons. The Morgan fingerprint density at radius 3 is 2.38 bits per heavy atom. The molecule has 0 aromatic heterocycles. The molecule has 0 bridgehead atoms. The number of sulfonamides is 1. The summed E-state index contributed by atoms with van der Waals surface area (Å²) in [5.74, 6) is -0.560. The van der Waals surface area contributed by atoms with Gasteiger partial charge in [0.2, 0.25) is 10.0 Å². The maximum Gasteiger partial charge on any atom is 0.340 e. The van der Waals surface area contributed by atoms with E-state index in [0.29, 0.717) is 5.57 Å². The quantitative estimate of drug-likeness (QED) is 0.763. The highest BCUT2D eigenvalue weighted by molar-refractivity contribution is 7.89. The Kier molecular flexibility index (Phi) is 6.20. The van der Waals surface area contributed by atoms with Gasteiger partial charge in [0.1, 0.15) is 0 Å². The average molecular weight is 413 g/mol. The zero-order valence-corrected chi connectivity index (χ0v) is 17.3. The molecule has 2 aromatic carbocycles. The van der Waals surface area contributed by atoms with Crippen molar-refractivity contribution < 1.29 is 17.9 Å². The van der Waals surface area contributed by atoms with Crippen molar-refractivity contribution in [2.75, 3.05) is 19.7 Å². The number of carbonyl (C=O) groups excluding carboxylic acids is 1. The molecular formula is C22H24N2O4S. The van der Waals surface area contributed by atoms with E-state index in [-0.39, 0.29) is 35.9 Å². The molecule has 7 heteroatoms. The second-order valence-corrected chi connectivity index (χ2v) is 8.65. The Morgan fingerprint density at radius 2 is 1.76 bits per heavy atom. The van der Waals surface area contributed by atoms with E-state index in [1.54, 1.807) is 37.3 Å². The van der Waals surface area contributed by atoms with Gasteiger partial charge in [-0.05, 0) is 37.1 Å². The van der Waals surface area contributed by atoms with Crippen LogP contribution in [-0.4, -0.2) is 38.4 Å². The maximum absolute atomic E-state index is 13.1. The first-order valence-electron chi connectivity index (χ1n) is 9.33. The second-order valence-electron chi connectivity index (χ2n) is 6.72. The standard InChI is InChI=1S/C22H24N2O4S/c1-3-28-22(25)21-19(17-7-5-4-6-8-17)13-14-24(15-20(21)23)29(26,27)18-11-9-16(2)10-12-18/h4-13H,3,14-15,23H2,1-2H3. The first-order valence-corrected chi connectivity index (χ1v) is 10.8. The molecule has 0 fully saturated rings. The molecule has 0 saturated heterocycles. The molecule has 0 spiro atoms. The van der Waals surface area contributed by atoms with Crippen LogP contribution in [0.25, 0.3) is 5.57 Å². The van der Waals surface area contributed by atoms with Gasteiger partial charge in [0, 0.05) is 12.2 Å². The molecule has 0 atom stereocenters. The number of nitrogens with two attached hydrogens (primary N) is 1. The van der Waals surface area contributed by atoms with Crippen LogP contribution >= 0.6 is 0 Å². The van der Waals surface area contributed by atoms with Crippen LogP contribution in [0.2, 0.25) is 0 Å². The van der Waals surface area contributed by atoms with Crippen LogP contribution in [-0.2, 0) is 19.6 Å². The lowest BCUT2D eigenvalue weighted by molar-refractivity contribution is -0.138. The first-order chi connectivity index (χ1) is 13.8. The highest BCUT2D eigenvalue weighted by Gasteiger charge is 2.30. The summed E-state index contributed by atoms with van der Waals surface area (Å²) in [6.07, 6.45) is 1.72. The number of ether oxygens (including phenoxy) is 1. The van der Waals surface area contributed by atoms with Crippen LogP contribution in [0, 0.1) is 6.92 Å². The smallest absolute Gasteiger partial charge is 0.340 e. The number of nitrogens with zero attached hydrogens (tertiary/aromatic N) is 1. The van der Waals surface area contributed by atoms with Gasteiger partial charge in [-0.1, -0.05) is 54.1 Å². The van der Waals surface area contributed by atoms with Gasteiger partial charge in [-0.15, -0.1) is 0 Å². The van der Waals surface area contributed by atoms with Crippen molar-refractivity contribution in [1.82, 2.24) is 4.31 Å². The minimum Gasteiger partial charge on any atom is -0.462 e. The molecule has 2 aromatic rings. The summed E-state index contributed by atoms with van der Waals surface area (Å²) in [6, 6.07) is 15.9. The third-order valence-electron chi connectivity index (χ3n) is 4.66. The molecule has 0 amide bonds. The molecule has 0 unspecified atom stereocenters. The number of esters is 1. The van der Waals surface area contributed by atoms with Gasteiger partial charge in [-0.2, -0.15) is 4.31 Å². The Morgan fingerprint density at radius 1 is 1.10 bits per heavy atom. The van der Waals surface area contributed by atoms with Crippen molar-refractivity contribution in [1.29, 1.82) is 0 Å². The summed E-state index contributed by atoms with van der Waals surface area (Å²) in [6.45, 7) is 3.79. The van der Waals surface area contributed by atoms with E-state index in [9.17, 15) is 13.2 Å². The molecule has 2 N–H and O–H groups in total. The van der Waals surface area contributed by atoms with E-state index in [1.807, 2.05) is 37.3 Å². The second kappa shape index (κ2) is 8.63. The Balaban J connectivity index is 2.07. The molecule has 1 heterocycles. The fourth-order valence-corrected chi connectivity index (χ4v) is 4.53. The minimum absolute atomic E-state index is 0.0873. The maximum atomic E-state index is 13.1. The summed E-state index contributed by atoms with van der Waals surface area (Å²) in [4.78, 5) is 12.8. The van der Waals surface area contributed by atoms with Crippen LogP contribution in [0.4, 0.5) is 0 Å². The van der Waals surface area contributed by atoms with Crippen LogP contribution in [0.5, 0.6) is 0 Å².